The van der Waals surface area contributed by atoms with Crippen LogP contribution in [0.2, 0.25) is 5.02 Å². The summed E-state index contributed by atoms with van der Waals surface area (Å²) in [5, 5.41) is 19.6. The molecule has 0 radical (unpaired) electrons. The van der Waals surface area contributed by atoms with E-state index in [1.54, 1.807) is 0 Å². The quantitative estimate of drug-likeness (QED) is 0.890. The van der Waals surface area contributed by atoms with E-state index in [0.29, 0.717) is 11.4 Å². The summed E-state index contributed by atoms with van der Waals surface area (Å²) in [6.45, 7) is 6.71. The Morgan fingerprint density at radius 2 is 2.15 bits per heavy atom. The fraction of sp³-hybridized carbons (Fsp3) is 0.615. The van der Waals surface area contributed by atoms with Gasteiger partial charge in [0.2, 0.25) is 0 Å². The lowest BCUT2D eigenvalue weighted by molar-refractivity contribution is 0.178. The van der Waals surface area contributed by atoms with Gasteiger partial charge in [0, 0.05) is 13.0 Å². The maximum atomic E-state index is 10.5. The number of hydrogen-bond donors (Lipinski definition) is 1. The maximum Gasteiger partial charge on any atom is 0.0972 e. The molecule has 0 aliphatic carbocycles. The fourth-order valence-corrected chi connectivity index (χ4v) is 3.11. The van der Waals surface area contributed by atoms with Gasteiger partial charge < -0.3 is 5.11 Å². The minimum atomic E-state index is -0.629. The summed E-state index contributed by atoms with van der Waals surface area (Å²) in [4.78, 5) is 0.837. The van der Waals surface area contributed by atoms with Crippen molar-refractivity contribution in [2.75, 3.05) is 0 Å². The summed E-state index contributed by atoms with van der Waals surface area (Å²) in [6.07, 6.45) is 1.63. The highest BCUT2D eigenvalue weighted by Gasteiger charge is 2.21. The summed E-state index contributed by atoms with van der Waals surface area (Å²) in [7, 11) is 0. The maximum absolute atomic E-state index is 10.5. The van der Waals surface area contributed by atoms with Crippen LogP contribution in [0.15, 0.2) is 0 Å². The summed E-state index contributed by atoms with van der Waals surface area (Å²) in [6, 6.07) is 0. The number of nitrogens with zero attached hydrogens (tertiary/aromatic N) is 4. The lowest BCUT2D eigenvalue weighted by atomic mass is 10.1. The van der Waals surface area contributed by atoms with Crippen LogP contribution in [0.1, 0.15) is 48.3 Å². The first kappa shape index (κ1) is 15.4. The third kappa shape index (κ3) is 3.02. The van der Waals surface area contributed by atoms with Crippen LogP contribution in [0.4, 0.5) is 0 Å². The van der Waals surface area contributed by atoms with Crippen molar-refractivity contribution in [2.45, 2.75) is 52.7 Å². The van der Waals surface area contributed by atoms with Gasteiger partial charge in [0.15, 0.2) is 0 Å². The molecule has 2 aromatic rings. The average molecular weight is 315 g/mol. The largest absolute Gasteiger partial charge is 0.387 e. The number of aliphatic hydroxyl groups is 1. The summed E-state index contributed by atoms with van der Waals surface area (Å²) >= 11 is 7.54. The number of aryl methyl sites for hydroxylation is 3. The topological polar surface area (TPSA) is 63.8 Å². The molecule has 110 valence electrons. The predicted molar refractivity (Wildman–Crippen MR) is 80.2 cm³/mol. The van der Waals surface area contributed by atoms with Crippen LogP contribution in [-0.4, -0.2) is 24.5 Å². The molecular formula is C13H19ClN4OS. The Balaban J connectivity index is 2.23. The zero-order valence-electron chi connectivity index (χ0n) is 11.9. The second-order valence-electron chi connectivity index (χ2n) is 4.72. The van der Waals surface area contributed by atoms with Gasteiger partial charge in [-0.25, -0.2) is 0 Å². The molecule has 0 aliphatic heterocycles. The summed E-state index contributed by atoms with van der Waals surface area (Å²) < 4.78 is 5.79. The molecule has 0 saturated heterocycles. The monoisotopic (exact) mass is 314 g/mol. The highest BCUT2D eigenvalue weighted by molar-refractivity contribution is 7.05. The number of aromatic nitrogens is 4. The van der Waals surface area contributed by atoms with Gasteiger partial charge in [0.1, 0.15) is 0 Å². The Morgan fingerprint density at radius 3 is 2.80 bits per heavy atom. The van der Waals surface area contributed by atoms with Crippen LogP contribution in [0, 0.1) is 6.92 Å². The molecule has 0 bridgehead atoms. The van der Waals surface area contributed by atoms with Crippen molar-refractivity contribution < 1.29 is 5.11 Å². The van der Waals surface area contributed by atoms with Gasteiger partial charge in [-0.2, -0.15) is 5.10 Å². The first-order chi connectivity index (χ1) is 9.58. The average Bonchev–Trinajstić information content (AvgIpc) is 2.99. The molecule has 0 aromatic carbocycles. The van der Waals surface area contributed by atoms with Crippen LogP contribution in [0.3, 0.4) is 0 Å². The molecule has 2 aromatic heterocycles. The number of halogens is 1. The molecule has 20 heavy (non-hydrogen) atoms. The third-order valence-electron chi connectivity index (χ3n) is 3.21. The smallest absolute Gasteiger partial charge is 0.0972 e. The van der Waals surface area contributed by atoms with E-state index in [9.17, 15) is 5.11 Å². The van der Waals surface area contributed by atoms with Crippen molar-refractivity contribution in [3.8, 4) is 0 Å². The number of rotatable bonds is 6. The number of hydrogen-bond acceptors (Lipinski definition) is 5. The standard InChI is InChI=1S/C13H19ClN4OS/c1-4-6-9-13(20-17-15-9)11(19)7-10-12(14)8(3)16-18(10)5-2/h11,19H,4-7H2,1-3H3. The van der Waals surface area contributed by atoms with E-state index in [0.717, 1.165) is 41.3 Å². The predicted octanol–water partition coefficient (Wildman–Crippen LogP) is 2.94. The molecule has 0 saturated carbocycles. The Morgan fingerprint density at radius 1 is 1.40 bits per heavy atom. The lowest BCUT2D eigenvalue weighted by Gasteiger charge is -2.11. The van der Waals surface area contributed by atoms with Gasteiger partial charge >= 0.3 is 0 Å². The molecule has 0 aliphatic rings. The van der Waals surface area contributed by atoms with Crippen molar-refractivity contribution in [2.24, 2.45) is 0 Å². The van der Waals surface area contributed by atoms with E-state index >= 15 is 0 Å². The molecule has 2 rings (SSSR count). The zero-order chi connectivity index (χ0) is 14.7. The highest BCUT2D eigenvalue weighted by Crippen LogP contribution is 2.29. The molecule has 7 heteroatoms. The third-order valence-corrected chi connectivity index (χ3v) is 4.57. The molecule has 0 fully saturated rings. The van der Waals surface area contributed by atoms with Gasteiger partial charge in [-0.15, -0.1) is 5.10 Å². The molecule has 5 nitrogen and oxygen atoms in total. The Bertz CT molecular complexity index is 581. The second kappa shape index (κ2) is 6.65. The van der Waals surface area contributed by atoms with E-state index in [2.05, 4.69) is 21.6 Å². The molecule has 2 heterocycles. The van der Waals surface area contributed by atoms with E-state index in [1.165, 1.54) is 11.5 Å². The molecule has 0 amide bonds. The van der Waals surface area contributed by atoms with Gasteiger partial charge in [-0.1, -0.05) is 29.4 Å². The lowest BCUT2D eigenvalue weighted by Crippen LogP contribution is -2.09. The Labute approximate surface area is 127 Å². The van der Waals surface area contributed by atoms with E-state index < -0.39 is 6.10 Å². The molecule has 1 unspecified atom stereocenters. The van der Waals surface area contributed by atoms with Crippen molar-refractivity contribution in [3.63, 3.8) is 0 Å². The Hall–Kier alpha value is -0.980. The first-order valence-electron chi connectivity index (χ1n) is 6.79. The first-order valence-corrected chi connectivity index (χ1v) is 7.94. The van der Waals surface area contributed by atoms with Crippen molar-refractivity contribution in [1.29, 1.82) is 0 Å². The van der Waals surface area contributed by atoms with E-state index in [4.69, 9.17) is 11.6 Å². The van der Waals surface area contributed by atoms with Crippen LogP contribution < -0.4 is 0 Å². The van der Waals surface area contributed by atoms with Crippen molar-refractivity contribution >= 4 is 23.1 Å². The van der Waals surface area contributed by atoms with Gasteiger partial charge in [-0.3, -0.25) is 4.68 Å². The SMILES string of the molecule is CCCc1nnsc1C(O)Cc1c(Cl)c(C)nn1CC. The van der Waals surface area contributed by atoms with Crippen molar-refractivity contribution in [1.82, 2.24) is 19.4 Å². The van der Waals surface area contributed by atoms with Gasteiger partial charge in [0.25, 0.3) is 0 Å². The minimum absolute atomic E-state index is 0.439. The van der Waals surface area contributed by atoms with E-state index in [-0.39, 0.29) is 0 Å². The fourth-order valence-electron chi connectivity index (χ4n) is 2.22. The number of aliphatic hydroxyl groups excluding tert-OH is 1. The zero-order valence-corrected chi connectivity index (χ0v) is 13.5. The van der Waals surface area contributed by atoms with Crippen LogP contribution >= 0.6 is 23.1 Å². The second-order valence-corrected chi connectivity index (χ2v) is 5.88. The van der Waals surface area contributed by atoms with Crippen LogP contribution in [-0.2, 0) is 19.4 Å². The van der Waals surface area contributed by atoms with Crippen LogP contribution in [0.5, 0.6) is 0 Å². The van der Waals surface area contributed by atoms with Crippen LogP contribution in [0.25, 0.3) is 0 Å². The molecule has 1 N–H and O–H groups in total. The van der Waals surface area contributed by atoms with E-state index in [1.807, 2.05) is 18.5 Å². The highest BCUT2D eigenvalue weighted by atomic mass is 35.5. The molecule has 1 atom stereocenters. The summed E-state index contributed by atoms with van der Waals surface area (Å²) in [5.74, 6) is 0. The van der Waals surface area contributed by atoms with Crippen molar-refractivity contribution in [3.05, 3.63) is 27.0 Å². The summed E-state index contributed by atoms with van der Waals surface area (Å²) in [5.41, 5.74) is 2.56. The molecular weight excluding hydrogens is 296 g/mol. The minimum Gasteiger partial charge on any atom is -0.387 e. The Kier molecular flexibility index (Phi) is 5.12. The normalized spacial score (nSPS) is 12.8. The van der Waals surface area contributed by atoms with Gasteiger partial charge in [0.05, 0.1) is 33.1 Å². The molecule has 0 spiro atoms. The van der Waals surface area contributed by atoms with Gasteiger partial charge in [-0.05, 0) is 31.8 Å².